The first-order valence-electron chi connectivity index (χ1n) is 9.55. The van der Waals surface area contributed by atoms with Crippen LogP contribution in [0.15, 0.2) is 34.5 Å². The van der Waals surface area contributed by atoms with Gasteiger partial charge < -0.3 is 24.3 Å². The lowest BCUT2D eigenvalue weighted by molar-refractivity contribution is 0.00621. The molecule has 2 aliphatic heterocycles. The van der Waals surface area contributed by atoms with Gasteiger partial charge in [-0.2, -0.15) is 0 Å². The highest BCUT2D eigenvalue weighted by Crippen LogP contribution is 2.30. The normalized spacial score (nSPS) is 25.3. The molecule has 0 radical (unpaired) electrons. The Balaban J connectivity index is 1.63. The molecule has 4 rings (SSSR count). The Labute approximate surface area is 170 Å². The number of rotatable bonds is 4. The number of ether oxygens (including phenoxy) is 2. The van der Waals surface area contributed by atoms with Crippen molar-refractivity contribution in [2.75, 3.05) is 20.3 Å². The molecule has 0 bridgehead atoms. The maximum absolute atomic E-state index is 13.9. The Morgan fingerprint density at radius 3 is 2.83 bits per heavy atom. The van der Waals surface area contributed by atoms with Crippen molar-refractivity contribution in [1.29, 1.82) is 0 Å². The monoisotopic (exact) mass is 421 g/mol. The van der Waals surface area contributed by atoms with Crippen molar-refractivity contribution in [3.05, 3.63) is 51.2 Å². The molecule has 30 heavy (non-hydrogen) atoms. The molecule has 0 saturated carbocycles. The summed E-state index contributed by atoms with van der Waals surface area (Å²) in [5.74, 6) is -1.95. The van der Waals surface area contributed by atoms with Crippen LogP contribution >= 0.6 is 0 Å². The van der Waals surface area contributed by atoms with E-state index >= 15 is 0 Å². The van der Waals surface area contributed by atoms with Crippen molar-refractivity contribution in [3.63, 3.8) is 0 Å². The zero-order chi connectivity index (χ0) is 21.6. The molecule has 1 aromatic heterocycles. The van der Waals surface area contributed by atoms with Crippen LogP contribution in [0.1, 0.15) is 34.2 Å². The van der Waals surface area contributed by atoms with E-state index in [1.165, 1.54) is 23.9 Å². The minimum absolute atomic E-state index is 0.0621. The second kappa shape index (κ2) is 7.67. The van der Waals surface area contributed by atoms with E-state index in [-0.39, 0.29) is 48.1 Å². The SMILES string of the molecule is COc1c2n(cc(C(=O)NCC3=CC=C(F)CC3F)c1=O)C[C@H]1OC[C@H](C)N1C2=O. The molecule has 8 nitrogen and oxygen atoms in total. The summed E-state index contributed by atoms with van der Waals surface area (Å²) in [4.78, 5) is 40.0. The molecular formula is C20H21F2N3O5. The molecule has 1 unspecified atom stereocenters. The van der Waals surface area contributed by atoms with Crippen LogP contribution < -0.4 is 15.5 Å². The lowest BCUT2D eigenvalue weighted by Gasteiger charge is -2.34. The standard InChI is InChI=1S/C20H21F2N3O5/c1-10-9-30-15-8-24-7-13(17(26)18(29-2)16(24)20(28)25(10)15)19(27)23-6-11-3-4-12(21)5-14(11)22/h3-4,7,10,14-15H,5-6,8-9H2,1-2H3,(H,23,27)/t10-,14?,15+/m0/s1. The highest BCUT2D eigenvalue weighted by Gasteiger charge is 2.43. The van der Waals surface area contributed by atoms with Gasteiger partial charge in [0.25, 0.3) is 11.8 Å². The molecular weight excluding hydrogens is 400 g/mol. The quantitative estimate of drug-likeness (QED) is 0.792. The van der Waals surface area contributed by atoms with E-state index in [1.54, 1.807) is 4.90 Å². The molecule has 2 amide bonds. The van der Waals surface area contributed by atoms with E-state index in [9.17, 15) is 23.2 Å². The maximum atomic E-state index is 13.9. The summed E-state index contributed by atoms with van der Waals surface area (Å²) < 4.78 is 39.3. The summed E-state index contributed by atoms with van der Waals surface area (Å²) in [6, 6.07) is -0.143. The first kappa shape index (κ1) is 20.3. The van der Waals surface area contributed by atoms with E-state index < -0.39 is 35.5 Å². The number of pyridine rings is 1. The van der Waals surface area contributed by atoms with Crippen LogP contribution in [0.2, 0.25) is 0 Å². The fourth-order valence-corrected chi connectivity index (χ4v) is 3.93. The first-order valence-corrected chi connectivity index (χ1v) is 9.55. The van der Waals surface area contributed by atoms with Gasteiger partial charge in [-0.05, 0) is 18.6 Å². The highest BCUT2D eigenvalue weighted by molar-refractivity contribution is 5.99. The van der Waals surface area contributed by atoms with Gasteiger partial charge in [-0.25, -0.2) is 8.78 Å². The largest absolute Gasteiger partial charge is 0.491 e. The van der Waals surface area contributed by atoms with Crippen LogP contribution in [0.3, 0.4) is 0 Å². The van der Waals surface area contributed by atoms with Crippen LogP contribution in [0.4, 0.5) is 8.78 Å². The summed E-state index contributed by atoms with van der Waals surface area (Å²) >= 11 is 0. The van der Waals surface area contributed by atoms with E-state index in [0.717, 1.165) is 6.08 Å². The molecule has 1 fully saturated rings. The van der Waals surface area contributed by atoms with Crippen molar-refractivity contribution < 1.29 is 27.8 Å². The van der Waals surface area contributed by atoms with Gasteiger partial charge in [-0.15, -0.1) is 0 Å². The molecule has 160 valence electrons. The number of hydrogen-bond acceptors (Lipinski definition) is 5. The lowest BCUT2D eigenvalue weighted by atomic mass is 10.0. The fourth-order valence-electron chi connectivity index (χ4n) is 3.93. The number of hydrogen-bond donors (Lipinski definition) is 1. The van der Waals surface area contributed by atoms with E-state index in [2.05, 4.69) is 5.32 Å². The number of methoxy groups -OCH3 is 1. The molecule has 10 heteroatoms. The third kappa shape index (κ3) is 3.30. The lowest BCUT2D eigenvalue weighted by Crippen LogP contribution is -2.49. The van der Waals surface area contributed by atoms with Crippen molar-refractivity contribution in [1.82, 2.24) is 14.8 Å². The number of allylic oxidation sites excluding steroid dienone is 3. The van der Waals surface area contributed by atoms with Gasteiger partial charge in [-0.1, -0.05) is 6.08 Å². The molecule has 1 aromatic rings. The molecule has 3 atom stereocenters. The molecule has 3 aliphatic rings. The van der Waals surface area contributed by atoms with Gasteiger partial charge in [0.1, 0.15) is 17.6 Å². The number of alkyl halides is 1. The number of carbonyl (C=O) groups excluding carboxylic acids is 2. The Kier molecular flexibility index (Phi) is 5.19. The van der Waals surface area contributed by atoms with Gasteiger partial charge in [0, 0.05) is 19.2 Å². The van der Waals surface area contributed by atoms with Gasteiger partial charge in [0.05, 0.1) is 26.3 Å². The number of carbonyl (C=O) groups is 2. The van der Waals surface area contributed by atoms with Crippen LogP contribution in [0.25, 0.3) is 0 Å². The summed E-state index contributed by atoms with van der Waals surface area (Å²) in [7, 11) is 1.25. The number of amides is 2. The van der Waals surface area contributed by atoms with E-state index in [4.69, 9.17) is 9.47 Å². The zero-order valence-electron chi connectivity index (χ0n) is 16.5. The van der Waals surface area contributed by atoms with Crippen LogP contribution in [0, 0.1) is 0 Å². The average Bonchev–Trinajstić information content (AvgIpc) is 3.08. The molecule has 0 aromatic carbocycles. The zero-order valence-corrected chi connectivity index (χ0v) is 16.5. The summed E-state index contributed by atoms with van der Waals surface area (Å²) in [6.07, 6.45) is 1.29. The highest BCUT2D eigenvalue weighted by atomic mass is 19.1. The first-order chi connectivity index (χ1) is 14.3. The van der Waals surface area contributed by atoms with Gasteiger partial charge in [0.15, 0.2) is 17.7 Å². The van der Waals surface area contributed by atoms with E-state index in [0.29, 0.717) is 6.61 Å². The number of aromatic nitrogens is 1. The maximum Gasteiger partial charge on any atom is 0.276 e. The van der Waals surface area contributed by atoms with Crippen molar-refractivity contribution in [3.8, 4) is 5.75 Å². The molecule has 0 spiro atoms. The third-order valence-corrected chi connectivity index (χ3v) is 5.50. The van der Waals surface area contributed by atoms with Crippen molar-refractivity contribution in [2.45, 2.75) is 38.3 Å². The Hall–Kier alpha value is -3.01. The van der Waals surface area contributed by atoms with Crippen LogP contribution in [0.5, 0.6) is 5.75 Å². The minimum Gasteiger partial charge on any atom is -0.491 e. The van der Waals surface area contributed by atoms with E-state index in [1.807, 2.05) is 6.92 Å². The van der Waals surface area contributed by atoms with Gasteiger partial charge in [-0.3, -0.25) is 14.4 Å². The smallest absolute Gasteiger partial charge is 0.276 e. The predicted octanol–water partition coefficient (Wildman–Crippen LogP) is 1.31. The average molecular weight is 421 g/mol. The van der Waals surface area contributed by atoms with Gasteiger partial charge >= 0.3 is 0 Å². The fraction of sp³-hybridized carbons (Fsp3) is 0.450. The summed E-state index contributed by atoms with van der Waals surface area (Å²) in [5.41, 5.74) is -0.710. The Morgan fingerprint density at radius 2 is 2.13 bits per heavy atom. The van der Waals surface area contributed by atoms with Crippen LogP contribution in [-0.2, 0) is 11.3 Å². The molecule has 1 N–H and O–H groups in total. The molecule has 3 heterocycles. The number of nitrogens with one attached hydrogen (secondary N) is 1. The van der Waals surface area contributed by atoms with Crippen molar-refractivity contribution >= 4 is 11.8 Å². The Bertz CT molecular complexity index is 1030. The van der Waals surface area contributed by atoms with Crippen LogP contribution in [-0.4, -0.2) is 60.0 Å². The number of fused-ring (bicyclic) bond motifs is 2. The number of halogens is 2. The second-order valence-corrected chi connectivity index (χ2v) is 7.46. The summed E-state index contributed by atoms with van der Waals surface area (Å²) in [5, 5.41) is 2.48. The predicted molar refractivity (Wildman–Crippen MR) is 102 cm³/mol. The van der Waals surface area contributed by atoms with Gasteiger partial charge in [0.2, 0.25) is 5.43 Å². The van der Waals surface area contributed by atoms with Crippen molar-refractivity contribution in [2.24, 2.45) is 0 Å². The summed E-state index contributed by atoms with van der Waals surface area (Å²) in [6.45, 7) is 2.28. The molecule has 1 saturated heterocycles. The second-order valence-electron chi connectivity index (χ2n) is 7.46. The number of nitrogens with zero attached hydrogens (tertiary/aromatic N) is 2. The minimum atomic E-state index is -1.54. The topological polar surface area (TPSA) is 89.9 Å². The Morgan fingerprint density at radius 1 is 1.37 bits per heavy atom. The third-order valence-electron chi connectivity index (χ3n) is 5.50. The molecule has 1 aliphatic carbocycles.